The Bertz CT molecular complexity index is 278. The molecule has 0 amide bonds. The molecule has 4 heteroatoms. The first-order valence-electron chi connectivity index (χ1n) is 4.96. The molecular weight excluding hydrogens is 213 g/mol. The Morgan fingerprint density at radius 1 is 1.40 bits per heavy atom. The van der Waals surface area contributed by atoms with Gasteiger partial charge in [-0.3, -0.25) is 0 Å². The predicted octanol–water partition coefficient (Wildman–Crippen LogP) is 2.28. The number of thioether (sulfide) groups is 1. The lowest BCUT2D eigenvalue weighted by Crippen LogP contribution is -2.26. The molecule has 0 saturated carbocycles. The van der Waals surface area contributed by atoms with Crippen LogP contribution >= 0.6 is 11.8 Å². The molecule has 0 aliphatic heterocycles. The van der Waals surface area contributed by atoms with Gasteiger partial charge in [0.05, 0.1) is 6.10 Å². The molecule has 0 aliphatic rings. The molecular formula is C11H16FNOS. The highest BCUT2D eigenvalue weighted by Gasteiger charge is 2.06. The van der Waals surface area contributed by atoms with Crippen LogP contribution in [0.25, 0.3) is 0 Å². The predicted molar refractivity (Wildman–Crippen MR) is 61.6 cm³/mol. The van der Waals surface area contributed by atoms with E-state index >= 15 is 0 Å². The van der Waals surface area contributed by atoms with Gasteiger partial charge in [0.1, 0.15) is 5.82 Å². The van der Waals surface area contributed by atoms with Crippen molar-refractivity contribution in [1.29, 1.82) is 0 Å². The van der Waals surface area contributed by atoms with E-state index in [2.05, 4.69) is 0 Å². The van der Waals surface area contributed by atoms with Crippen LogP contribution in [0.5, 0.6) is 0 Å². The van der Waals surface area contributed by atoms with Gasteiger partial charge in [-0.15, -0.1) is 11.8 Å². The fourth-order valence-electron chi connectivity index (χ4n) is 1.14. The number of hydrogen-bond acceptors (Lipinski definition) is 3. The van der Waals surface area contributed by atoms with Crippen LogP contribution in [-0.2, 0) is 4.74 Å². The molecule has 1 unspecified atom stereocenters. The average Bonchev–Trinajstić information content (AvgIpc) is 2.26. The molecule has 0 fully saturated rings. The van der Waals surface area contributed by atoms with E-state index in [1.165, 1.54) is 12.1 Å². The summed E-state index contributed by atoms with van der Waals surface area (Å²) in [6.07, 6.45) is 0.0741. The first kappa shape index (κ1) is 12.5. The summed E-state index contributed by atoms with van der Waals surface area (Å²) in [5.41, 5.74) is 5.55. The Morgan fingerprint density at radius 2 is 2.07 bits per heavy atom. The molecule has 1 rings (SSSR count). The molecule has 0 bridgehead atoms. The molecule has 0 saturated heterocycles. The quantitative estimate of drug-likeness (QED) is 0.760. The first-order valence-corrected chi connectivity index (χ1v) is 5.94. The summed E-state index contributed by atoms with van der Waals surface area (Å²) in [5, 5.41) is 0. The molecule has 0 spiro atoms. The monoisotopic (exact) mass is 229 g/mol. The van der Waals surface area contributed by atoms with Gasteiger partial charge >= 0.3 is 0 Å². The lowest BCUT2D eigenvalue weighted by atomic mass is 10.3. The summed E-state index contributed by atoms with van der Waals surface area (Å²) in [6, 6.07) is 6.44. The highest BCUT2D eigenvalue weighted by Crippen LogP contribution is 2.19. The number of rotatable bonds is 6. The molecule has 0 radical (unpaired) electrons. The van der Waals surface area contributed by atoms with Gasteiger partial charge in [-0.2, -0.15) is 0 Å². The number of nitrogens with two attached hydrogens (primary N) is 1. The second-order valence-electron chi connectivity index (χ2n) is 3.08. The Labute approximate surface area is 94.0 Å². The van der Waals surface area contributed by atoms with Crippen molar-refractivity contribution in [2.24, 2.45) is 5.73 Å². The zero-order valence-corrected chi connectivity index (χ0v) is 9.60. The third-order valence-corrected chi connectivity index (χ3v) is 3.06. The van der Waals surface area contributed by atoms with Crippen molar-refractivity contribution in [3.8, 4) is 0 Å². The lowest BCUT2D eigenvalue weighted by molar-refractivity contribution is 0.0858. The highest BCUT2D eigenvalue weighted by atomic mass is 32.2. The maximum absolute atomic E-state index is 12.6. The summed E-state index contributed by atoms with van der Waals surface area (Å²) in [4.78, 5) is 1.04. The summed E-state index contributed by atoms with van der Waals surface area (Å²) in [6.45, 7) is 3.14. The van der Waals surface area contributed by atoms with E-state index in [9.17, 15) is 4.39 Å². The third kappa shape index (κ3) is 4.64. The van der Waals surface area contributed by atoms with Crippen molar-refractivity contribution in [2.45, 2.75) is 17.9 Å². The van der Waals surface area contributed by atoms with Crippen molar-refractivity contribution < 1.29 is 9.13 Å². The SMILES string of the molecule is CCOC(CN)CSc1ccc(F)cc1. The normalized spacial score (nSPS) is 12.7. The second kappa shape index (κ2) is 6.82. The van der Waals surface area contributed by atoms with E-state index in [4.69, 9.17) is 10.5 Å². The largest absolute Gasteiger partial charge is 0.376 e. The van der Waals surface area contributed by atoms with Crippen LogP contribution in [0.3, 0.4) is 0 Å². The molecule has 1 aromatic carbocycles. The van der Waals surface area contributed by atoms with Gasteiger partial charge in [-0.05, 0) is 31.2 Å². The topological polar surface area (TPSA) is 35.2 Å². The summed E-state index contributed by atoms with van der Waals surface area (Å²) < 4.78 is 18.0. The number of benzene rings is 1. The van der Waals surface area contributed by atoms with Crippen LogP contribution < -0.4 is 5.73 Å². The van der Waals surface area contributed by atoms with Crippen molar-refractivity contribution in [1.82, 2.24) is 0 Å². The minimum absolute atomic E-state index is 0.0741. The Morgan fingerprint density at radius 3 is 2.60 bits per heavy atom. The fourth-order valence-corrected chi connectivity index (χ4v) is 2.08. The van der Waals surface area contributed by atoms with Crippen LogP contribution in [-0.4, -0.2) is 25.0 Å². The van der Waals surface area contributed by atoms with Gasteiger partial charge in [0.15, 0.2) is 0 Å². The van der Waals surface area contributed by atoms with Crippen LogP contribution in [0.2, 0.25) is 0 Å². The van der Waals surface area contributed by atoms with Crippen molar-refractivity contribution in [3.63, 3.8) is 0 Å². The molecule has 1 atom stereocenters. The zero-order chi connectivity index (χ0) is 11.1. The Kier molecular flexibility index (Phi) is 5.68. The molecule has 0 aliphatic carbocycles. The van der Waals surface area contributed by atoms with Crippen molar-refractivity contribution in [3.05, 3.63) is 30.1 Å². The van der Waals surface area contributed by atoms with E-state index in [1.54, 1.807) is 23.9 Å². The number of hydrogen-bond donors (Lipinski definition) is 1. The minimum Gasteiger partial charge on any atom is -0.376 e. The standard InChI is InChI=1S/C11H16FNOS/c1-2-14-10(7-13)8-15-11-5-3-9(12)4-6-11/h3-6,10H,2,7-8,13H2,1H3. The molecule has 15 heavy (non-hydrogen) atoms. The van der Waals surface area contributed by atoms with Gasteiger partial charge < -0.3 is 10.5 Å². The van der Waals surface area contributed by atoms with E-state index in [-0.39, 0.29) is 11.9 Å². The van der Waals surface area contributed by atoms with Gasteiger partial charge in [0, 0.05) is 23.8 Å². The third-order valence-electron chi connectivity index (χ3n) is 1.91. The Balaban J connectivity index is 2.38. The molecule has 2 nitrogen and oxygen atoms in total. The van der Waals surface area contributed by atoms with Crippen LogP contribution in [0.15, 0.2) is 29.2 Å². The smallest absolute Gasteiger partial charge is 0.123 e. The molecule has 84 valence electrons. The molecule has 0 aromatic heterocycles. The average molecular weight is 229 g/mol. The fraction of sp³-hybridized carbons (Fsp3) is 0.455. The number of ether oxygens (including phenoxy) is 1. The summed E-state index contributed by atoms with van der Waals surface area (Å²) >= 11 is 1.63. The maximum Gasteiger partial charge on any atom is 0.123 e. The molecule has 1 aromatic rings. The van der Waals surface area contributed by atoms with Crippen LogP contribution in [0.1, 0.15) is 6.92 Å². The Hall–Kier alpha value is -0.580. The summed E-state index contributed by atoms with van der Waals surface area (Å²) in [7, 11) is 0. The van der Waals surface area contributed by atoms with E-state index < -0.39 is 0 Å². The van der Waals surface area contributed by atoms with Crippen LogP contribution in [0.4, 0.5) is 4.39 Å². The molecule has 0 heterocycles. The van der Waals surface area contributed by atoms with Crippen molar-refractivity contribution in [2.75, 3.05) is 18.9 Å². The highest BCUT2D eigenvalue weighted by molar-refractivity contribution is 7.99. The van der Waals surface area contributed by atoms with E-state index in [0.717, 1.165) is 10.6 Å². The zero-order valence-electron chi connectivity index (χ0n) is 8.78. The van der Waals surface area contributed by atoms with E-state index in [1.807, 2.05) is 6.92 Å². The summed E-state index contributed by atoms with van der Waals surface area (Å²) in [5.74, 6) is 0.593. The van der Waals surface area contributed by atoms with Gasteiger partial charge in [-0.25, -0.2) is 4.39 Å². The molecule has 2 N–H and O–H groups in total. The van der Waals surface area contributed by atoms with Crippen molar-refractivity contribution >= 4 is 11.8 Å². The van der Waals surface area contributed by atoms with Gasteiger partial charge in [-0.1, -0.05) is 0 Å². The number of halogens is 1. The van der Waals surface area contributed by atoms with Gasteiger partial charge in [0.2, 0.25) is 0 Å². The lowest BCUT2D eigenvalue weighted by Gasteiger charge is -2.13. The van der Waals surface area contributed by atoms with Crippen LogP contribution in [0, 0.1) is 5.82 Å². The minimum atomic E-state index is -0.209. The maximum atomic E-state index is 12.6. The first-order chi connectivity index (χ1) is 7.26. The van der Waals surface area contributed by atoms with E-state index in [0.29, 0.717) is 13.2 Å². The van der Waals surface area contributed by atoms with Gasteiger partial charge in [0.25, 0.3) is 0 Å². The second-order valence-corrected chi connectivity index (χ2v) is 4.17.